The van der Waals surface area contributed by atoms with Gasteiger partial charge in [0.25, 0.3) is 0 Å². The van der Waals surface area contributed by atoms with Crippen molar-refractivity contribution in [1.29, 1.82) is 0 Å². The van der Waals surface area contributed by atoms with Gasteiger partial charge in [-0.25, -0.2) is 4.79 Å². The van der Waals surface area contributed by atoms with E-state index >= 15 is 0 Å². The Labute approximate surface area is 167 Å². The lowest BCUT2D eigenvalue weighted by molar-refractivity contribution is 0.0577. The molecule has 0 bridgehead atoms. The van der Waals surface area contributed by atoms with Gasteiger partial charge in [0.15, 0.2) is 0 Å². The first-order chi connectivity index (χ1) is 13.2. The molecular weight excluding hydrogens is 354 g/mol. The molecule has 0 radical (unpaired) electrons. The van der Waals surface area contributed by atoms with E-state index in [2.05, 4.69) is 6.92 Å². The van der Waals surface area contributed by atoms with Crippen molar-refractivity contribution in [2.24, 2.45) is 0 Å². The number of hydrogen-bond donors (Lipinski definition) is 1. The summed E-state index contributed by atoms with van der Waals surface area (Å²) >= 11 is 0. The zero-order chi connectivity index (χ0) is 20.5. The molecule has 2 atom stereocenters. The molecule has 1 amide bonds. The van der Waals surface area contributed by atoms with Crippen LogP contribution in [0.3, 0.4) is 0 Å². The second kappa shape index (κ2) is 8.00. The molecule has 152 valence electrons. The number of carbonyl (C=O) groups excluding carboxylic acids is 1. The van der Waals surface area contributed by atoms with E-state index in [9.17, 15) is 9.90 Å². The van der Waals surface area contributed by atoms with Crippen molar-refractivity contribution in [2.45, 2.75) is 65.1 Å². The lowest BCUT2D eigenvalue weighted by atomic mass is 9.91. The highest BCUT2D eigenvalue weighted by molar-refractivity contribution is 6.02. The first-order valence-corrected chi connectivity index (χ1v) is 10.1. The highest BCUT2D eigenvalue weighted by atomic mass is 16.6. The van der Waals surface area contributed by atoms with Gasteiger partial charge >= 0.3 is 6.09 Å². The molecular formula is C23H31NO4. The molecule has 3 rings (SSSR count). The molecule has 0 spiro atoms. The normalized spacial score (nSPS) is 17.5. The Morgan fingerprint density at radius 2 is 1.96 bits per heavy atom. The summed E-state index contributed by atoms with van der Waals surface area (Å²) in [7, 11) is 0. The minimum Gasteiger partial charge on any atom is -0.493 e. The summed E-state index contributed by atoms with van der Waals surface area (Å²) in [5, 5.41) is 12.4. The van der Waals surface area contributed by atoms with Gasteiger partial charge in [-0.2, -0.15) is 0 Å². The van der Waals surface area contributed by atoms with Crippen LogP contribution in [0.25, 0.3) is 10.8 Å². The fourth-order valence-corrected chi connectivity index (χ4v) is 3.68. The van der Waals surface area contributed by atoms with Gasteiger partial charge in [0.05, 0.1) is 18.4 Å². The van der Waals surface area contributed by atoms with Crippen LogP contribution in [0.5, 0.6) is 5.75 Å². The second-order valence-corrected chi connectivity index (χ2v) is 8.49. The van der Waals surface area contributed by atoms with Crippen LogP contribution in [-0.4, -0.2) is 36.1 Å². The van der Waals surface area contributed by atoms with E-state index in [0.29, 0.717) is 13.2 Å². The largest absolute Gasteiger partial charge is 0.493 e. The third-order valence-electron chi connectivity index (χ3n) is 5.02. The Morgan fingerprint density at radius 1 is 1.29 bits per heavy atom. The molecule has 0 saturated carbocycles. The molecule has 1 aliphatic heterocycles. The number of hydrogen-bond acceptors (Lipinski definition) is 4. The Hall–Kier alpha value is -2.27. The number of anilines is 1. The van der Waals surface area contributed by atoms with E-state index in [1.807, 2.05) is 51.1 Å². The molecule has 28 heavy (non-hydrogen) atoms. The number of aliphatic hydroxyl groups excluding tert-OH is 1. The Kier molecular flexibility index (Phi) is 5.84. The predicted molar refractivity (Wildman–Crippen MR) is 112 cm³/mol. The summed E-state index contributed by atoms with van der Waals surface area (Å²) in [4.78, 5) is 14.5. The third kappa shape index (κ3) is 4.09. The molecule has 0 fully saturated rings. The summed E-state index contributed by atoms with van der Waals surface area (Å²) in [6.45, 7) is 10.5. The van der Waals surface area contributed by atoms with Crippen LogP contribution in [0.15, 0.2) is 30.3 Å². The minimum absolute atomic E-state index is 0.169. The smallest absolute Gasteiger partial charge is 0.414 e. The molecule has 0 unspecified atom stereocenters. The quantitative estimate of drug-likeness (QED) is 0.715. The Morgan fingerprint density at radius 3 is 2.57 bits per heavy atom. The number of nitrogens with zero attached hydrogens (tertiary/aromatic N) is 1. The van der Waals surface area contributed by atoms with Crippen molar-refractivity contribution in [3.05, 3.63) is 35.9 Å². The second-order valence-electron chi connectivity index (χ2n) is 8.49. The number of carbonyl (C=O) groups is 1. The number of fused-ring (bicyclic) bond motifs is 3. The van der Waals surface area contributed by atoms with Crippen LogP contribution in [0.2, 0.25) is 0 Å². The summed E-state index contributed by atoms with van der Waals surface area (Å²) in [5.41, 5.74) is 1.17. The summed E-state index contributed by atoms with van der Waals surface area (Å²) in [6, 6.07) is 9.97. The number of ether oxygens (including phenoxy) is 2. The van der Waals surface area contributed by atoms with Gasteiger partial charge < -0.3 is 14.6 Å². The highest BCUT2D eigenvalue weighted by Gasteiger charge is 2.39. The molecule has 1 heterocycles. The average Bonchev–Trinajstić information content (AvgIpc) is 3.00. The summed E-state index contributed by atoms with van der Waals surface area (Å²) in [6.07, 6.45) is 1.04. The fraction of sp³-hybridized carbons (Fsp3) is 0.522. The zero-order valence-electron chi connectivity index (χ0n) is 17.5. The van der Waals surface area contributed by atoms with E-state index in [1.54, 1.807) is 11.8 Å². The van der Waals surface area contributed by atoms with Gasteiger partial charge in [-0.3, -0.25) is 4.90 Å². The van der Waals surface area contributed by atoms with Crippen LogP contribution < -0.4 is 9.64 Å². The number of rotatable bonds is 5. The van der Waals surface area contributed by atoms with Gasteiger partial charge in [-0.05, 0) is 45.1 Å². The van der Waals surface area contributed by atoms with Crippen LogP contribution in [0.1, 0.15) is 58.9 Å². The van der Waals surface area contributed by atoms with Crippen molar-refractivity contribution in [3.8, 4) is 5.75 Å². The van der Waals surface area contributed by atoms with Crippen molar-refractivity contribution >= 4 is 22.6 Å². The molecule has 2 aromatic carbocycles. The fourth-order valence-electron chi connectivity index (χ4n) is 3.68. The monoisotopic (exact) mass is 385 g/mol. The number of unbranched alkanes of at least 4 members (excludes halogenated alkanes) is 1. The van der Waals surface area contributed by atoms with E-state index in [-0.39, 0.29) is 5.92 Å². The van der Waals surface area contributed by atoms with Crippen LogP contribution in [0, 0.1) is 0 Å². The lowest BCUT2D eigenvalue weighted by Gasteiger charge is -2.25. The standard InChI is InChI=1S/C23H31NO4/c1-6-7-12-27-20-13-19-21(17-11-9-8-10-16(17)20)18(15(2)25)14-24(19)22(26)28-23(3,4)5/h8-11,13,15,18,25H,6-7,12,14H2,1-5H3/t15-,18+/m1/s1. The van der Waals surface area contributed by atoms with E-state index in [4.69, 9.17) is 9.47 Å². The van der Waals surface area contributed by atoms with E-state index in [0.717, 1.165) is 40.6 Å². The zero-order valence-corrected chi connectivity index (χ0v) is 17.5. The maximum absolute atomic E-state index is 12.9. The number of amides is 1. The van der Waals surface area contributed by atoms with Crippen LogP contribution >= 0.6 is 0 Å². The molecule has 1 N–H and O–H groups in total. The molecule has 0 saturated heterocycles. The lowest BCUT2D eigenvalue weighted by Crippen LogP contribution is -2.37. The van der Waals surface area contributed by atoms with Crippen molar-refractivity contribution in [3.63, 3.8) is 0 Å². The van der Waals surface area contributed by atoms with Crippen molar-refractivity contribution in [2.75, 3.05) is 18.1 Å². The average molecular weight is 386 g/mol. The van der Waals surface area contributed by atoms with E-state index in [1.165, 1.54) is 0 Å². The highest BCUT2D eigenvalue weighted by Crippen LogP contribution is 2.46. The molecule has 1 aliphatic rings. The third-order valence-corrected chi connectivity index (χ3v) is 5.02. The minimum atomic E-state index is -0.586. The van der Waals surface area contributed by atoms with Gasteiger partial charge in [0.2, 0.25) is 0 Å². The summed E-state index contributed by atoms with van der Waals surface area (Å²) in [5.74, 6) is 0.597. The van der Waals surface area contributed by atoms with Gasteiger partial charge in [-0.1, -0.05) is 37.6 Å². The molecule has 0 aromatic heterocycles. The Bertz CT molecular complexity index is 854. The van der Waals surface area contributed by atoms with Crippen molar-refractivity contribution in [1.82, 2.24) is 0 Å². The molecule has 5 heteroatoms. The van der Waals surface area contributed by atoms with Gasteiger partial charge in [0.1, 0.15) is 11.4 Å². The number of benzene rings is 2. The summed E-state index contributed by atoms with van der Waals surface area (Å²) < 4.78 is 11.7. The maximum Gasteiger partial charge on any atom is 0.414 e. The molecule has 5 nitrogen and oxygen atoms in total. The van der Waals surface area contributed by atoms with Crippen molar-refractivity contribution < 1.29 is 19.4 Å². The van der Waals surface area contributed by atoms with Crippen LogP contribution in [-0.2, 0) is 4.74 Å². The van der Waals surface area contributed by atoms with Gasteiger partial charge in [0, 0.05) is 23.9 Å². The van der Waals surface area contributed by atoms with Gasteiger partial charge in [-0.15, -0.1) is 0 Å². The predicted octanol–water partition coefficient (Wildman–Crippen LogP) is 5.24. The Balaban J connectivity index is 2.12. The SMILES string of the molecule is CCCCOc1cc2c(c3ccccc13)[C@H]([C@@H](C)O)CN2C(=O)OC(C)(C)C. The first-order valence-electron chi connectivity index (χ1n) is 10.1. The van der Waals surface area contributed by atoms with E-state index < -0.39 is 17.8 Å². The molecule has 2 aromatic rings. The number of aliphatic hydroxyl groups is 1. The van der Waals surface area contributed by atoms with Crippen LogP contribution in [0.4, 0.5) is 10.5 Å². The maximum atomic E-state index is 12.9. The first kappa shape index (κ1) is 20.5. The topological polar surface area (TPSA) is 59.0 Å². The molecule has 0 aliphatic carbocycles.